The van der Waals surface area contributed by atoms with Gasteiger partial charge in [0.2, 0.25) is 5.91 Å². The average molecular weight is 315 g/mol. The molecule has 6 heteroatoms. The van der Waals surface area contributed by atoms with Gasteiger partial charge in [-0.1, -0.05) is 24.3 Å². The number of amides is 4. The van der Waals surface area contributed by atoms with E-state index in [4.69, 9.17) is 0 Å². The van der Waals surface area contributed by atoms with Gasteiger partial charge in [0.05, 0.1) is 6.04 Å². The second-order valence-corrected chi connectivity index (χ2v) is 6.66. The molecule has 1 aromatic rings. The quantitative estimate of drug-likeness (QED) is 0.830. The molecule has 0 radical (unpaired) electrons. The predicted octanol–water partition coefficient (Wildman–Crippen LogP) is 1.51. The summed E-state index contributed by atoms with van der Waals surface area (Å²) in [7, 11) is 0. The standard InChI is InChI=1S/C17H21N3O3/c1-17(2)15(22)20(16(23)19-17)10-14(21)18-13-9-5-7-11-6-3-4-8-12(11)13/h3-4,6,8,13H,5,7,9-10H2,1-2H3,(H,18,21)(H,19,23). The number of nitrogens with one attached hydrogen (secondary N) is 2. The van der Waals surface area contributed by atoms with Crippen LogP contribution >= 0.6 is 0 Å². The first-order valence-electron chi connectivity index (χ1n) is 7.90. The molecule has 0 bridgehead atoms. The molecule has 1 heterocycles. The molecule has 1 unspecified atom stereocenters. The second kappa shape index (κ2) is 5.68. The van der Waals surface area contributed by atoms with Gasteiger partial charge in [-0.25, -0.2) is 4.79 Å². The molecule has 122 valence electrons. The monoisotopic (exact) mass is 315 g/mol. The Morgan fingerprint density at radius 1 is 1.35 bits per heavy atom. The summed E-state index contributed by atoms with van der Waals surface area (Å²) >= 11 is 0. The number of nitrogens with zero attached hydrogens (tertiary/aromatic N) is 1. The number of carbonyl (C=O) groups is 3. The van der Waals surface area contributed by atoms with E-state index in [-0.39, 0.29) is 24.4 Å². The maximum absolute atomic E-state index is 12.3. The Morgan fingerprint density at radius 2 is 2.09 bits per heavy atom. The molecule has 0 saturated carbocycles. The molecule has 3 rings (SSSR count). The van der Waals surface area contributed by atoms with Crippen LogP contribution in [0.25, 0.3) is 0 Å². The Morgan fingerprint density at radius 3 is 2.78 bits per heavy atom. The number of benzene rings is 1. The van der Waals surface area contributed by atoms with Gasteiger partial charge in [-0.05, 0) is 44.2 Å². The Labute approximate surface area is 135 Å². The molecule has 1 fully saturated rings. The van der Waals surface area contributed by atoms with E-state index in [0.717, 1.165) is 29.7 Å². The van der Waals surface area contributed by atoms with Crippen molar-refractivity contribution in [3.8, 4) is 0 Å². The van der Waals surface area contributed by atoms with Crippen LogP contribution in [0, 0.1) is 0 Å². The third-order valence-corrected chi connectivity index (χ3v) is 4.45. The van der Waals surface area contributed by atoms with Crippen molar-refractivity contribution in [2.75, 3.05) is 6.54 Å². The highest BCUT2D eigenvalue weighted by Crippen LogP contribution is 2.29. The van der Waals surface area contributed by atoms with Crippen LogP contribution < -0.4 is 10.6 Å². The molecule has 1 aliphatic carbocycles. The van der Waals surface area contributed by atoms with Gasteiger partial charge in [0.15, 0.2) is 0 Å². The van der Waals surface area contributed by atoms with E-state index < -0.39 is 11.6 Å². The van der Waals surface area contributed by atoms with Gasteiger partial charge in [-0.15, -0.1) is 0 Å². The van der Waals surface area contributed by atoms with Crippen molar-refractivity contribution in [1.82, 2.24) is 15.5 Å². The van der Waals surface area contributed by atoms with Gasteiger partial charge in [0.25, 0.3) is 5.91 Å². The van der Waals surface area contributed by atoms with Crippen molar-refractivity contribution in [3.63, 3.8) is 0 Å². The number of urea groups is 1. The number of imide groups is 1. The first-order chi connectivity index (χ1) is 10.9. The fourth-order valence-corrected chi connectivity index (χ4v) is 3.25. The van der Waals surface area contributed by atoms with Gasteiger partial charge >= 0.3 is 6.03 Å². The Balaban J connectivity index is 1.67. The minimum Gasteiger partial charge on any atom is -0.348 e. The maximum Gasteiger partial charge on any atom is 0.325 e. The van der Waals surface area contributed by atoms with Crippen LogP contribution in [0.3, 0.4) is 0 Å². The number of carbonyl (C=O) groups excluding carboxylic acids is 3. The van der Waals surface area contributed by atoms with Gasteiger partial charge in [-0.2, -0.15) is 0 Å². The van der Waals surface area contributed by atoms with Crippen LogP contribution in [0.4, 0.5) is 4.79 Å². The molecule has 2 N–H and O–H groups in total. The summed E-state index contributed by atoms with van der Waals surface area (Å²) in [6.45, 7) is 3.01. The largest absolute Gasteiger partial charge is 0.348 e. The van der Waals surface area contributed by atoms with Crippen molar-refractivity contribution in [1.29, 1.82) is 0 Å². The van der Waals surface area contributed by atoms with E-state index in [1.54, 1.807) is 13.8 Å². The third kappa shape index (κ3) is 2.93. The summed E-state index contributed by atoms with van der Waals surface area (Å²) in [5.41, 5.74) is 1.43. The third-order valence-electron chi connectivity index (χ3n) is 4.45. The molecule has 2 aliphatic rings. The molecule has 6 nitrogen and oxygen atoms in total. The van der Waals surface area contributed by atoms with Crippen molar-refractivity contribution in [3.05, 3.63) is 35.4 Å². The van der Waals surface area contributed by atoms with E-state index in [1.807, 2.05) is 18.2 Å². The van der Waals surface area contributed by atoms with Crippen LogP contribution in [0.15, 0.2) is 24.3 Å². The Bertz CT molecular complexity index is 669. The van der Waals surface area contributed by atoms with E-state index in [0.29, 0.717) is 0 Å². The topological polar surface area (TPSA) is 78.5 Å². The minimum atomic E-state index is -0.950. The number of rotatable bonds is 3. The minimum absolute atomic E-state index is 0.0544. The molecular weight excluding hydrogens is 294 g/mol. The van der Waals surface area contributed by atoms with E-state index in [9.17, 15) is 14.4 Å². The first kappa shape index (κ1) is 15.5. The lowest BCUT2D eigenvalue weighted by Crippen LogP contribution is -2.44. The van der Waals surface area contributed by atoms with Crippen LogP contribution in [-0.4, -0.2) is 34.8 Å². The molecule has 0 spiro atoms. The lowest BCUT2D eigenvalue weighted by molar-refractivity contribution is -0.134. The fourth-order valence-electron chi connectivity index (χ4n) is 3.25. The van der Waals surface area contributed by atoms with Crippen LogP contribution in [-0.2, 0) is 16.0 Å². The molecule has 4 amide bonds. The zero-order valence-electron chi connectivity index (χ0n) is 13.4. The van der Waals surface area contributed by atoms with E-state index in [1.165, 1.54) is 5.56 Å². The molecule has 1 atom stereocenters. The predicted molar refractivity (Wildman–Crippen MR) is 84.6 cm³/mol. The first-order valence-corrected chi connectivity index (χ1v) is 7.90. The Hall–Kier alpha value is -2.37. The molecule has 0 aromatic heterocycles. The zero-order valence-corrected chi connectivity index (χ0v) is 13.4. The second-order valence-electron chi connectivity index (χ2n) is 6.66. The normalized spacial score (nSPS) is 22.5. The van der Waals surface area contributed by atoms with E-state index in [2.05, 4.69) is 16.7 Å². The summed E-state index contributed by atoms with van der Waals surface area (Å²) in [6.07, 6.45) is 2.90. The number of hydrogen-bond acceptors (Lipinski definition) is 3. The summed E-state index contributed by atoms with van der Waals surface area (Å²) in [5, 5.41) is 5.53. The zero-order chi connectivity index (χ0) is 16.6. The van der Waals surface area contributed by atoms with Crippen molar-refractivity contribution < 1.29 is 14.4 Å². The Kier molecular flexibility index (Phi) is 3.83. The fraction of sp³-hybridized carbons (Fsp3) is 0.471. The van der Waals surface area contributed by atoms with Crippen molar-refractivity contribution in [2.24, 2.45) is 0 Å². The SMILES string of the molecule is CC1(C)NC(=O)N(CC(=O)NC2CCCc3ccccc32)C1=O. The van der Waals surface area contributed by atoms with Gasteiger partial charge in [-0.3, -0.25) is 14.5 Å². The van der Waals surface area contributed by atoms with Crippen LogP contribution in [0.2, 0.25) is 0 Å². The summed E-state index contributed by atoms with van der Waals surface area (Å²) < 4.78 is 0. The molecular formula is C17H21N3O3. The van der Waals surface area contributed by atoms with Crippen LogP contribution in [0.5, 0.6) is 0 Å². The lowest BCUT2D eigenvalue weighted by Gasteiger charge is -2.27. The number of aryl methyl sites for hydroxylation is 1. The molecule has 1 aromatic carbocycles. The highest BCUT2D eigenvalue weighted by Gasteiger charge is 2.45. The molecule has 1 aliphatic heterocycles. The molecule has 1 saturated heterocycles. The van der Waals surface area contributed by atoms with Gasteiger partial charge < -0.3 is 10.6 Å². The lowest BCUT2D eigenvalue weighted by atomic mass is 9.88. The molecule has 23 heavy (non-hydrogen) atoms. The van der Waals surface area contributed by atoms with Crippen molar-refractivity contribution >= 4 is 17.8 Å². The summed E-state index contributed by atoms with van der Waals surface area (Å²) in [6, 6.07) is 7.49. The summed E-state index contributed by atoms with van der Waals surface area (Å²) in [5.74, 6) is -0.686. The highest BCUT2D eigenvalue weighted by atomic mass is 16.2. The average Bonchev–Trinajstić information content (AvgIpc) is 2.70. The van der Waals surface area contributed by atoms with Crippen LogP contribution in [0.1, 0.15) is 43.9 Å². The van der Waals surface area contributed by atoms with Gasteiger partial charge in [0, 0.05) is 0 Å². The van der Waals surface area contributed by atoms with E-state index >= 15 is 0 Å². The smallest absolute Gasteiger partial charge is 0.325 e. The maximum atomic E-state index is 12.3. The van der Waals surface area contributed by atoms with Gasteiger partial charge in [0.1, 0.15) is 12.1 Å². The number of hydrogen-bond donors (Lipinski definition) is 2. The summed E-state index contributed by atoms with van der Waals surface area (Å²) in [4.78, 5) is 37.2. The number of fused-ring (bicyclic) bond motifs is 1. The van der Waals surface area contributed by atoms with Crippen molar-refractivity contribution in [2.45, 2.75) is 44.7 Å². The highest BCUT2D eigenvalue weighted by molar-refractivity contribution is 6.08.